The fraction of sp³-hybridized carbons (Fsp3) is 0.462. The van der Waals surface area contributed by atoms with Crippen LogP contribution in [0.15, 0.2) is 23.1 Å². The molecule has 116 valence electrons. The van der Waals surface area contributed by atoms with E-state index in [2.05, 4.69) is 4.72 Å². The fourth-order valence-corrected chi connectivity index (χ4v) is 3.24. The van der Waals surface area contributed by atoms with Gasteiger partial charge in [-0.05, 0) is 37.0 Å². The van der Waals surface area contributed by atoms with Crippen LogP contribution in [0.25, 0.3) is 0 Å². The van der Waals surface area contributed by atoms with Gasteiger partial charge in [0.25, 0.3) is 0 Å². The topological polar surface area (TPSA) is 92.7 Å². The molecule has 0 aromatic heterocycles. The average molecular weight is 317 g/mol. The molecule has 8 heteroatoms. The largest absolute Gasteiger partial charge is 0.478 e. The molecule has 0 spiro atoms. The lowest BCUT2D eigenvalue weighted by atomic mass is 10.0. The van der Waals surface area contributed by atoms with E-state index < -0.39 is 27.4 Å². The monoisotopic (exact) mass is 317 g/mol. The molecule has 0 atom stereocenters. The van der Waals surface area contributed by atoms with E-state index in [-0.39, 0.29) is 17.4 Å². The first-order chi connectivity index (χ1) is 9.90. The molecule has 1 fully saturated rings. The Morgan fingerprint density at radius 3 is 2.67 bits per heavy atom. The van der Waals surface area contributed by atoms with Crippen molar-refractivity contribution in [1.29, 1.82) is 0 Å². The van der Waals surface area contributed by atoms with Crippen molar-refractivity contribution >= 4 is 16.0 Å². The molecule has 1 aromatic rings. The quantitative estimate of drug-likeness (QED) is 0.852. The van der Waals surface area contributed by atoms with Crippen molar-refractivity contribution in [3.8, 4) is 0 Å². The van der Waals surface area contributed by atoms with Crippen molar-refractivity contribution in [2.45, 2.75) is 17.7 Å². The van der Waals surface area contributed by atoms with Crippen LogP contribution in [0, 0.1) is 11.7 Å². The van der Waals surface area contributed by atoms with Gasteiger partial charge in [-0.3, -0.25) is 0 Å². The van der Waals surface area contributed by atoms with Gasteiger partial charge in [0.15, 0.2) is 0 Å². The first kappa shape index (κ1) is 15.9. The lowest BCUT2D eigenvalue weighted by molar-refractivity contribution is 0.0677. The molecule has 0 unspecified atom stereocenters. The highest BCUT2D eigenvalue weighted by atomic mass is 32.2. The van der Waals surface area contributed by atoms with E-state index >= 15 is 0 Å². The fourth-order valence-electron chi connectivity index (χ4n) is 2.10. The van der Waals surface area contributed by atoms with Crippen molar-refractivity contribution in [1.82, 2.24) is 4.72 Å². The van der Waals surface area contributed by atoms with Gasteiger partial charge >= 0.3 is 5.97 Å². The first-order valence-corrected chi connectivity index (χ1v) is 7.99. The van der Waals surface area contributed by atoms with Crippen LogP contribution in [0.3, 0.4) is 0 Å². The molecule has 2 rings (SSSR count). The number of sulfonamides is 1. The van der Waals surface area contributed by atoms with Gasteiger partial charge in [0.05, 0.1) is 10.5 Å². The summed E-state index contributed by atoms with van der Waals surface area (Å²) in [6.45, 7) is 1.46. The first-order valence-electron chi connectivity index (χ1n) is 6.50. The molecule has 0 radical (unpaired) electrons. The number of halogens is 1. The molecule has 21 heavy (non-hydrogen) atoms. The number of ether oxygens (including phenoxy) is 1. The molecule has 0 amide bonds. The number of carbonyl (C=O) groups is 1. The third-order valence-electron chi connectivity index (χ3n) is 3.38. The van der Waals surface area contributed by atoms with Crippen LogP contribution in [-0.4, -0.2) is 39.3 Å². The highest BCUT2D eigenvalue weighted by Gasteiger charge is 2.21. The predicted molar refractivity (Wildman–Crippen MR) is 72.1 cm³/mol. The Morgan fingerprint density at radius 1 is 1.38 bits per heavy atom. The van der Waals surface area contributed by atoms with Gasteiger partial charge in [-0.1, -0.05) is 0 Å². The van der Waals surface area contributed by atoms with E-state index in [1.165, 1.54) is 0 Å². The van der Waals surface area contributed by atoms with Crippen LogP contribution in [0.4, 0.5) is 4.39 Å². The molecule has 0 aliphatic carbocycles. The van der Waals surface area contributed by atoms with Gasteiger partial charge in [-0.15, -0.1) is 0 Å². The second-order valence-corrected chi connectivity index (χ2v) is 6.62. The van der Waals surface area contributed by atoms with Crippen molar-refractivity contribution < 1.29 is 27.4 Å². The summed E-state index contributed by atoms with van der Waals surface area (Å²) >= 11 is 0. The summed E-state index contributed by atoms with van der Waals surface area (Å²) < 4.78 is 45.1. The van der Waals surface area contributed by atoms with Gasteiger partial charge in [0.1, 0.15) is 5.82 Å². The zero-order valence-electron chi connectivity index (χ0n) is 11.2. The standard InChI is InChI=1S/C13H16FNO5S/c14-12-2-1-10(7-11(12)13(16)17)21(18,19)15-8-9-3-5-20-6-4-9/h1-2,7,9,15H,3-6,8H2,(H,16,17). The van der Waals surface area contributed by atoms with Gasteiger partial charge in [0, 0.05) is 19.8 Å². The Balaban J connectivity index is 2.11. The minimum absolute atomic E-state index is 0.188. The number of aromatic carboxylic acids is 1. The van der Waals surface area contributed by atoms with Crippen molar-refractivity contribution in [2.75, 3.05) is 19.8 Å². The summed E-state index contributed by atoms with van der Waals surface area (Å²) in [5.74, 6) is -2.28. The van der Waals surface area contributed by atoms with Gasteiger partial charge < -0.3 is 9.84 Å². The summed E-state index contributed by atoms with van der Waals surface area (Å²) in [4.78, 5) is 10.6. The zero-order valence-corrected chi connectivity index (χ0v) is 12.0. The van der Waals surface area contributed by atoms with Crippen LogP contribution in [0.2, 0.25) is 0 Å². The summed E-state index contributed by atoms with van der Waals surface area (Å²) in [5, 5.41) is 8.82. The Morgan fingerprint density at radius 2 is 2.05 bits per heavy atom. The molecule has 2 N–H and O–H groups in total. The maximum Gasteiger partial charge on any atom is 0.338 e. The molecule has 1 saturated heterocycles. The molecule has 1 heterocycles. The van der Waals surface area contributed by atoms with Crippen LogP contribution in [-0.2, 0) is 14.8 Å². The second kappa shape index (κ2) is 6.50. The highest BCUT2D eigenvalue weighted by molar-refractivity contribution is 7.89. The molecule has 0 saturated carbocycles. The van der Waals surface area contributed by atoms with Gasteiger partial charge in [-0.2, -0.15) is 0 Å². The second-order valence-electron chi connectivity index (χ2n) is 4.85. The maximum absolute atomic E-state index is 13.3. The Labute approximate surface area is 122 Å². The lowest BCUT2D eigenvalue weighted by Crippen LogP contribution is -2.32. The number of carboxylic acids is 1. The average Bonchev–Trinajstić information content (AvgIpc) is 2.46. The summed E-state index contributed by atoms with van der Waals surface area (Å²) in [6.07, 6.45) is 1.54. The Hall–Kier alpha value is -1.51. The Bertz CT molecular complexity index is 625. The van der Waals surface area contributed by atoms with E-state index in [0.29, 0.717) is 13.2 Å². The molecule has 1 aromatic carbocycles. The number of carboxylic acid groups (broad SMARTS) is 1. The smallest absolute Gasteiger partial charge is 0.338 e. The third-order valence-corrected chi connectivity index (χ3v) is 4.80. The number of hydrogen-bond donors (Lipinski definition) is 2. The van der Waals surface area contributed by atoms with Crippen LogP contribution < -0.4 is 4.72 Å². The Kier molecular flexibility index (Phi) is 4.92. The van der Waals surface area contributed by atoms with Crippen molar-refractivity contribution in [2.24, 2.45) is 5.92 Å². The van der Waals surface area contributed by atoms with Crippen molar-refractivity contribution in [3.63, 3.8) is 0 Å². The molecule has 0 bridgehead atoms. The maximum atomic E-state index is 13.3. The third kappa shape index (κ3) is 3.99. The van der Waals surface area contributed by atoms with Gasteiger partial charge in [-0.25, -0.2) is 22.3 Å². The summed E-state index contributed by atoms with van der Waals surface area (Å²) in [6, 6.07) is 2.71. The lowest BCUT2D eigenvalue weighted by Gasteiger charge is -2.22. The van der Waals surface area contributed by atoms with Crippen molar-refractivity contribution in [3.05, 3.63) is 29.6 Å². The molecule has 6 nitrogen and oxygen atoms in total. The van der Waals surface area contributed by atoms with E-state index in [0.717, 1.165) is 31.0 Å². The van der Waals surface area contributed by atoms with Crippen LogP contribution in [0.5, 0.6) is 0 Å². The minimum Gasteiger partial charge on any atom is -0.478 e. The van der Waals surface area contributed by atoms with E-state index in [9.17, 15) is 17.6 Å². The molecular weight excluding hydrogens is 301 g/mol. The molecule has 1 aliphatic rings. The summed E-state index contributed by atoms with van der Waals surface area (Å²) in [5.41, 5.74) is -0.663. The molecule has 1 aliphatic heterocycles. The van der Waals surface area contributed by atoms with E-state index in [1.807, 2.05) is 0 Å². The number of hydrogen-bond acceptors (Lipinski definition) is 4. The van der Waals surface area contributed by atoms with E-state index in [4.69, 9.17) is 9.84 Å². The highest BCUT2D eigenvalue weighted by Crippen LogP contribution is 2.17. The van der Waals surface area contributed by atoms with Gasteiger partial charge in [0.2, 0.25) is 10.0 Å². The summed E-state index contributed by atoms with van der Waals surface area (Å²) in [7, 11) is -3.85. The number of benzene rings is 1. The SMILES string of the molecule is O=C(O)c1cc(S(=O)(=O)NCC2CCOCC2)ccc1F. The number of rotatable bonds is 5. The predicted octanol–water partition coefficient (Wildman–Crippen LogP) is 1.23. The van der Waals surface area contributed by atoms with Crippen LogP contribution in [0.1, 0.15) is 23.2 Å². The van der Waals surface area contributed by atoms with Crippen LogP contribution >= 0.6 is 0 Å². The zero-order chi connectivity index (χ0) is 15.5. The molecular formula is C13H16FNO5S. The number of nitrogens with one attached hydrogen (secondary N) is 1. The normalized spacial score (nSPS) is 16.8. The minimum atomic E-state index is -3.85. The van der Waals surface area contributed by atoms with E-state index in [1.54, 1.807) is 0 Å².